The molecule has 0 fully saturated rings. The van der Waals surface area contributed by atoms with Crippen LogP contribution in [0.4, 0.5) is 0 Å². The first-order valence-electron chi connectivity index (χ1n) is 3.02. The van der Waals surface area contributed by atoms with Crippen LogP contribution in [0.3, 0.4) is 0 Å². The summed E-state index contributed by atoms with van der Waals surface area (Å²) in [6, 6.07) is 5.21. The Morgan fingerprint density at radius 1 is 1.55 bits per heavy atom. The summed E-state index contributed by atoms with van der Waals surface area (Å²) in [5.41, 5.74) is 0.959. The van der Waals surface area contributed by atoms with E-state index in [2.05, 4.69) is 12.6 Å². The van der Waals surface area contributed by atoms with E-state index in [1.807, 2.05) is 13.0 Å². The van der Waals surface area contributed by atoms with E-state index in [1.54, 1.807) is 12.1 Å². The molecule has 0 aliphatic heterocycles. The van der Waals surface area contributed by atoms with Crippen molar-refractivity contribution in [2.75, 3.05) is 0 Å². The van der Waals surface area contributed by atoms with Gasteiger partial charge in [0.2, 0.25) is 0 Å². The molecule has 1 unspecified atom stereocenters. The molecule has 11 heavy (non-hydrogen) atoms. The van der Waals surface area contributed by atoms with Gasteiger partial charge in [-0.2, -0.15) is 0 Å². The van der Waals surface area contributed by atoms with Crippen molar-refractivity contribution in [1.29, 1.82) is 0 Å². The fraction of sp³-hybridized carbons (Fsp3) is 0.143. The van der Waals surface area contributed by atoms with Crippen molar-refractivity contribution in [1.82, 2.24) is 0 Å². The standard InChI is InChI=1S/C7H8O2S2/c1-5-2-3-6(10)7(4-5)11(8)9/h2-4,10H,1H3,(H,8,9). The minimum atomic E-state index is -1.93. The SMILES string of the molecule is Cc1ccc(S)c(S(=O)O)c1. The van der Waals surface area contributed by atoms with Crippen molar-refractivity contribution in [3.8, 4) is 0 Å². The molecular weight excluding hydrogens is 180 g/mol. The maximum atomic E-state index is 10.6. The van der Waals surface area contributed by atoms with Crippen LogP contribution in [-0.2, 0) is 11.1 Å². The molecule has 0 aliphatic carbocycles. The zero-order valence-corrected chi connectivity index (χ0v) is 7.65. The molecule has 1 rings (SSSR count). The van der Waals surface area contributed by atoms with Gasteiger partial charge >= 0.3 is 0 Å². The smallest absolute Gasteiger partial charge is 0.187 e. The van der Waals surface area contributed by atoms with E-state index in [1.165, 1.54) is 0 Å². The van der Waals surface area contributed by atoms with Gasteiger partial charge in [-0.05, 0) is 24.6 Å². The lowest BCUT2D eigenvalue weighted by molar-refractivity contribution is 0.562. The van der Waals surface area contributed by atoms with E-state index >= 15 is 0 Å². The van der Waals surface area contributed by atoms with Gasteiger partial charge in [-0.15, -0.1) is 12.6 Å². The average Bonchev–Trinajstić information content (AvgIpc) is 1.94. The number of rotatable bonds is 1. The van der Waals surface area contributed by atoms with Gasteiger partial charge < -0.3 is 4.55 Å². The normalized spacial score (nSPS) is 13.0. The maximum Gasteiger partial charge on any atom is 0.187 e. The van der Waals surface area contributed by atoms with E-state index in [4.69, 9.17) is 4.55 Å². The number of thiol groups is 1. The summed E-state index contributed by atoms with van der Waals surface area (Å²) < 4.78 is 19.4. The van der Waals surface area contributed by atoms with Crippen molar-refractivity contribution in [2.45, 2.75) is 16.7 Å². The highest BCUT2D eigenvalue weighted by Gasteiger charge is 2.03. The van der Waals surface area contributed by atoms with Crippen LogP contribution in [0, 0.1) is 6.92 Å². The molecule has 1 N–H and O–H groups in total. The summed E-state index contributed by atoms with van der Waals surface area (Å²) in [5.74, 6) is 0. The molecule has 0 amide bonds. The first kappa shape index (κ1) is 8.77. The Bertz CT molecular complexity index is 296. The van der Waals surface area contributed by atoms with Gasteiger partial charge in [-0.25, -0.2) is 4.21 Å². The fourth-order valence-electron chi connectivity index (χ4n) is 0.761. The highest BCUT2D eigenvalue weighted by molar-refractivity contribution is 7.83. The van der Waals surface area contributed by atoms with E-state index < -0.39 is 11.1 Å². The van der Waals surface area contributed by atoms with Gasteiger partial charge in [0.1, 0.15) is 0 Å². The summed E-state index contributed by atoms with van der Waals surface area (Å²) in [5, 5.41) is 0. The van der Waals surface area contributed by atoms with Crippen molar-refractivity contribution in [3.63, 3.8) is 0 Å². The van der Waals surface area contributed by atoms with Crippen LogP contribution in [-0.4, -0.2) is 8.76 Å². The molecule has 1 atom stereocenters. The molecule has 0 spiro atoms. The second kappa shape index (κ2) is 3.38. The Morgan fingerprint density at radius 3 is 2.64 bits per heavy atom. The van der Waals surface area contributed by atoms with Gasteiger partial charge in [-0.1, -0.05) is 6.07 Å². The van der Waals surface area contributed by atoms with E-state index in [0.717, 1.165) is 5.56 Å². The van der Waals surface area contributed by atoms with Crippen LogP contribution in [0.25, 0.3) is 0 Å². The van der Waals surface area contributed by atoms with Crippen LogP contribution in [0.2, 0.25) is 0 Å². The van der Waals surface area contributed by atoms with Crippen LogP contribution >= 0.6 is 12.6 Å². The number of aryl methyl sites for hydroxylation is 1. The molecule has 1 aromatic carbocycles. The number of benzene rings is 1. The summed E-state index contributed by atoms with van der Waals surface area (Å²) in [6.07, 6.45) is 0. The van der Waals surface area contributed by atoms with Gasteiger partial charge in [0.15, 0.2) is 11.1 Å². The lowest BCUT2D eigenvalue weighted by Crippen LogP contribution is -1.90. The predicted molar refractivity (Wildman–Crippen MR) is 47.5 cm³/mol. The van der Waals surface area contributed by atoms with Crippen molar-refractivity contribution in [2.24, 2.45) is 0 Å². The third-order valence-electron chi connectivity index (χ3n) is 1.30. The number of hydrogen-bond acceptors (Lipinski definition) is 2. The lowest BCUT2D eigenvalue weighted by Gasteiger charge is -2.00. The topological polar surface area (TPSA) is 37.3 Å². The van der Waals surface area contributed by atoms with Crippen molar-refractivity contribution >= 4 is 23.7 Å². The fourth-order valence-corrected chi connectivity index (χ4v) is 1.67. The summed E-state index contributed by atoms with van der Waals surface area (Å²) >= 11 is 2.10. The van der Waals surface area contributed by atoms with E-state index in [-0.39, 0.29) is 0 Å². The summed E-state index contributed by atoms with van der Waals surface area (Å²) in [6.45, 7) is 1.86. The zero-order chi connectivity index (χ0) is 8.43. The predicted octanol–water partition coefficient (Wildman–Crippen LogP) is 1.86. The molecule has 0 aliphatic rings. The van der Waals surface area contributed by atoms with Gasteiger partial charge in [0.25, 0.3) is 0 Å². The number of hydrogen-bond donors (Lipinski definition) is 2. The Hall–Kier alpha value is -0.320. The average molecular weight is 188 g/mol. The Kier molecular flexibility index (Phi) is 2.70. The largest absolute Gasteiger partial charge is 0.302 e. The minimum absolute atomic E-state index is 0.369. The molecule has 0 aromatic heterocycles. The quantitative estimate of drug-likeness (QED) is 0.521. The van der Waals surface area contributed by atoms with Crippen molar-refractivity contribution < 1.29 is 8.76 Å². The second-order valence-corrected chi connectivity index (χ2v) is 3.64. The Labute approximate surface area is 73.3 Å². The van der Waals surface area contributed by atoms with Gasteiger partial charge in [-0.3, -0.25) is 0 Å². The molecule has 4 heteroatoms. The summed E-state index contributed by atoms with van der Waals surface area (Å²) in [4.78, 5) is 0.921. The van der Waals surface area contributed by atoms with Crippen molar-refractivity contribution in [3.05, 3.63) is 23.8 Å². The summed E-state index contributed by atoms with van der Waals surface area (Å²) in [7, 11) is 0. The zero-order valence-electron chi connectivity index (χ0n) is 5.94. The third-order valence-corrected chi connectivity index (χ3v) is 2.56. The molecule has 0 heterocycles. The Balaban J connectivity index is 3.23. The minimum Gasteiger partial charge on any atom is -0.302 e. The van der Waals surface area contributed by atoms with E-state index in [9.17, 15) is 4.21 Å². The molecule has 0 radical (unpaired) electrons. The Morgan fingerprint density at radius 2 is 2.18 bits per heavy atom. The molecule has 0 bridgehead atoms. The molecular formula is C7H8O2S2. The van der Waals surface area contributed by atoms with Gasteiger partial charge in [0.05, 0.1) is 4.90 Å². The monoisotopic (exact) mass is 188 g/mol. The van der Waals surface area contributed by atoms with Crippen LogP contribution in [0.5, 0.6) is 0 Å². The van der Waals surface area contributed by atoms with Crippen LogP contribution in [0.15, 0.2) is 28.0 Å². The molecule has 1 aromatic rings. The lowest BCUT2D eigenvalue weighted by atomic mass is 10.2. The van der Waals surface area contributed by atoms with Crippen LogP contribution in [0.1, 0.15) is 5.56 Å². The highest BCUT2D eigenvalue weighted by atomic mass is 32.2. The third kappa shape index (κ3) is 2.05. The van der Waals surface area contributed by atoms with E-state index in [0.29, 0.717) is 9.79 Å². The molecule has 2 nitrogen and oxygen atoms in total. The first-order valence-corrected chi connectivity index (χ1v) is 4.57. The van der Waals surface area contributed by atoms with Gasteiger partial charge in [0, 0.05) is 4.90 Å². The maximum absolute atomic E-state index is 10.6. The molecule has 0 saturated carbocycles. The second-order valence-electron chi connectivity index (χ2n) is 2.22. The highest BCUT2D eigenvalue weighted by Crippen LogP contribution is 2.17. The first-order chi connectivity index (χ1) is 5.11. The van der Waals surface area contributed by atoms with Crippen LogP contribution < -0.4 is 0 Å². The molecule has 60 valence electrons. The molecule has 0 saturated heterocycles.